The Morgan fingerprint density at radius 3 is 2.88 bits per heavy atom. The average molecular weight is 320 g/mol. The quantitative estimate of drug-likeness (QED) is 0.570. The lowest BCUT2D eigenvalue weighted by Gasteiger charge is -2.14. The number of rotatable bonds is 7. The standard InChI is InChI=1S/C12H18BrNO2S/c1-3-4-7-16-12(15)9-14(2)8-10-5-6-11(13)17-10/h5-6H,3-4,7-9H2,1-2H3. The van der Waals surface area contributed by atoms with Crippen LogP contribution in [0, 0.1) is 0 Å². The molecular weight excluding hydrogens is 302 g/mol. The van der Waals surface area contributed by atoms with Crippen molar-refractivity contribution in [3.05, 3.63) is 20.8 Å². The molecule has 5 heteroatoms. The molecule has 0 aromatic carbocycles. The summed E-state index contributed by atoms with van der Waals surface area (Å²) in [6, 6.07) is 4.08. The highest BCUT2D eigenvalue weighted by atomic mass is 79.9. The number of nitrogens with zero attached hydrogens (tertiary/aromatic N) is 1. The Balaban J connectivity index is 2.24. The third-order valence-electron chi connectivity index (χ3n) is 2.21. The van der Waals surface area contributed by atoms with E-state index in [9.17, 15) is 4.79 Å². The van der Waals surface area contributed by atoms with E-state index in [4.69, 9.17) is 4.74 Å². The van der Waals surface area contributed by atoms with Crippen LogP contribution in [0.4, 0.5) is 0 Å². The molecule has 0 aliphatic carbocycles. The second-order valence-electron chi connectivity index (χ2n) is 3.95. The third-order valence-corrected chi connectivity index (χ3v) is 3.82. The lowest BCUT2D eigenvalue weighted by Crippen LogP contribution is -2.26. The fourth-order valence-electron chi connectivity index (χ4n) is 1.36. The second kappa shape index (κ2) is 7.84. The molecule has 0 bridgehead atoms. The normalized spacial score (nSPS) is 10.8. The third kappa shape index (κ3) is 6.19. The molecule has 1 rings (SSSR count). The SMILES string of the molecule is CCCCOC(=O)CN(C)Cc1ccc(Br)s1. The van der Waals surface area contributed by atoms with Crippen LogP contribution >= 0.6 is 27.3 Å². The van der Waals surface area contributed by atoms with Gasteiger partial charge in [-0.25, -0.2) is 0 Å². The molecule has 0 unspecified atom stereocenters. The lowest BCUT2D eigenvalue weighted by atomic mass is 10.4. The molecule has 0 saturated carbocycles. The van der Waals surface area contributed by atoms with Gasteiger partial charge in [-0.2, -0.15) is 0 Å². The van der Waals surface area contributed by atoms with Crippen LogP contribution in [-0.2, 0) is 16.1 Å². The van der Waals surface area contributed by atoms with Crippen LogP contribution in [0.3, 0.4) is 0 Å². The maximum Gasteiger partial charge on any atom is 0.320 e. The van der Waals surface area contributed by atoms with E-state index in [2.05, 4.69) is 28.9 Å². The summed E-state index contributed by atoms with van der Waals surface area (Å²) in [6.07, 6.45) is 1.99. The van der Waals surface area contributed by atoms with Gasteiger partial charge < -0.3 is 4.74 Å². The molecule has 0 fully saturated rings. The van der Waals surface area contributed by atoms with Crippen molar-refractivity contribution in [2.45, 2.75) is 26.3 Å². The van der Waals surface area contributed by atoms with Gasteiger partial charge in [0.25, 0.3) is 0 Å². The Bertz CT molecular complexity index is 354. The number of thiophene rings is 1. The van der Waals surface area contributed by atoms with E-state index >= 15 is 0 Å². The minimum atomic E-state index is -0.142. The average Bonchev–Trinajstić information content (AvgIpc) is 2.64. The zero-order valence-corrected chi connectivity index (χ0v) is 12.6. The largest absolute Gasteiger partial charge is 0.465 e. The topological polar surface area (TPSA) is 29.5 Å². The molecule has 0 saturated heterocycles. The van der Waals surface area contributed by atoms with E-state index in [-0.39, 0.29) is 5.97 Å². The first kappa shape index (κ1) is 14.7. The predicted molar refractivity (Wildman–Crippen MR) is 74.2 cm³/mol. The second-order valence-corrected chi connectivity index (χ2v) is 6.50. The summed E-state index contributed by atoms with van der Waals surface area (Å²) in [5, 5.41) is 0. The molecule has 17 heavy (non-hydrogen) atoms. The molecule has 0 aliphatic heterocycles. The fourth-order valence-corrected chi connectivity index (χ4v) is 2.92. The van der Waals surface area contributed by atoms with Crippen molar-refractivity contribution in [1.29, 1.82) is 0 Å². The van der Waals surface area contributed by atoms with Crippen LogP contribution < -0.4 is 0 Å². The summed E-state index contributed by atoms with van der Waals surface area (Å²) in [6.45, 7) is 3.74. The molecule has 0 aliphatic rings. The minimum Gasteiger partial charge on any atom is -0.465 e. The zero-order chi connectivity index (χ0) is 12.7. The smallest absolute Gasteiger partial charge is 0.320 e. The van der Waals surface area contributed by atoms with E-state index in [0.717, 1.165) is 23.2 Å². The Labute approximate surface area is 115 Å². The summed E-state index contributed by atoms with van der Waals surface area (Å²) in [5.74, 6) is -0.142. The van der Waals surface area contributed by atoms with Crippen molar-refractivity contribution in [3.8, 4) is 0 Å². The van der Waals surface area contributed by atoms with E-state index < -0.39 is 0 Å². The van der Waals surface area contributed by atoms with Crippen molar-refractivity contribution in [1.82, 2.24) is 4.90 Å². The number of carbonyl (C=O) groups is 1. The van der Waals surface area contributed by atoms with Crippen LogP contribution in [0.15, 0.2) is 15.9 Å². The van der Waals surface area contributed by atoms with Gasteiger partial charge in [-0.1, -0.05) is 13.3 Å². The van der Waals surface area contributed by atoms with E-state index in [0.29, 0.717) is 13.2 Å². The number of unbranched alkanes of at least 4 members (excludes halogenated alkanes) is 1. The summed E-state index contributed by atoms with van der Waals surface area (Å²) in [7, 11) is 1.93. The van der Waals surface area contributed by atoms with Crippen molar-refractivity contribution < 1.29 is 9.53 Å². The molecule has 1 heterocycles. The number of hydrogen-bond acceptors (Lipinski definition) is 4. The van der Waals surface area contributed by atoms with Crippen molar-refractivity contribution in [2.24, 2.45) is 0 Å². The number of ether oxygens (including phenoxy) is 1. The van der Waals surface area contributed by atoms with Crippen LogP contribution in [0.25, 0.3) is 0 Å². The number of halogens is 1. The molecule has 0 amide bonds. The molecule has 0 atom stereocenters. The lowest BCUT2D eigenvalue weighted by molar-refractivity contribution is -0.144. The van der Waals surface area contributed by atoms with Gasteiger partial charge in [-0.05, 0) is 41.5 Å². The van der Waals surface area contributed by atoms with E-state index in [1.165, 1.54) is 4.88 Å². The van der Waals surface area contributed by atoms with Gasteiger partial charge >= 0.3 is 5.97 Å². The van der Waals surface area contributed by atoms with Gasteiger partial charge in [0.05, 0.1) is 16.9 Å². The molecule has 3 nitrogen and oxygen atoms in total. The van der Waals surface area contributed by atoms with Gasteiger partial charge in [0.2, 0.25) is 0 Å². The zero-order valence-electron chi connectivity index (χ0n) is 10.2. The van der Waals surface area contributed by atoms with Crippen LogP contribution in [0.1, 0.15) is 24.6 Å². The highest BCUT2D eigenvalue weighted by molar-refractivity contribution is 9.11. The molecule has 0 radical (unpaired) electrons. The number of esters is 1. The van der Waals surface area contributed by atoms with E-state index in [1.54, 1.807) is 11.3 Å². The number of hydrogen-bond donors (Lipinski definition) is 0. The van der Waals surface area contributed by atoms with Gasteiger partial charge in [0.15, 0.2) is 0 Å². The van der Waals surface area contributed by atoms with Gasteiger partial charge in [-0.3, -0.25) is 9.69 Å². The first-order chi connectivity index (χ1) is 8.11. The van der Waals surface area contributed by atoms with Gasteiger partial charge in [0, 0.05) is 11.4 Å². The highest BCUT2D eigenvalue weighted by Gasteiger charge is 2.09. The van der Waals surface area contributed by atoms with Crippen LogP contribution in [0.2, 0.25) is 0 Å². The summed E-state index contributed by atoms with van der Waals surface area (Å²) >= 11 is 5.11. The van der Waals surface area contributed by atoms with Crippen LogP contribution in [0.5, 0.6) is 0 Å². The maximum absolute atomic E-state index is 11.5. The Morgan fingerprint density at radius 2 is 2.29 bits per heavy atom. The van der Waals surface area contributed by atoms with Gasteiger partial charge in [0.1, 0.15) is 0 Å². The maximum atomic E-state index is 11.5. The number of likely N-dealkylation sites (N-methyl/N-ethyl adjacent to an activating group) is 1. The van der Waals surface area contributed by atoms with E-state index in [1.807, 2.05) is 18.0 Å². The molecule has 0 spiro atoms. The van der Waals surface area contributed by atoms with Crippen molar-refractivity contribution in [3.63, 3.8) is 0 Å². The molecule has 96 valence electrons. The Kier molecular flexibility index (Phi) is 6.77. The van der Waals surface area contributed by atoms with Crippen molar-refractivity contribution >= 4 is 33.2 Å². The van der Waals surface area contributed by atoms with Crippen molar-refractivity contribution in [2.75, 3.05) is 20.2 Å². The first-order valence-electron chi connectivity index (χ1n) is 5.70. The summed E-state index contributed by atoms with van der Waals surface area (Å²) in [4.78, 5) is 14.7. The summed E-state index contributed by atoms with van der Waals surface area (Å²) in [5.41, 5.74) is 0. The Morgan fingerprint density at radius 1 is 1.53 bits per heavy atom. The molecule has 1 aromatic rings. The highest BCUT2D eigenvalue weighted by Crippen LogP contribution is 2.22. The molecular formula is C12H18BrNO2S. The molecule has 0 N–H and O–H groups in total. The predicted octanol–water partition coefficient (Wildman–Crippen LogP) is 3.29. The first-order valence-corrected chi connectivity index (χ1v) is 7.31. The molecule has 1 aromatic heterocycles. The number of carbonyl (C=O) groups excluding carboxylic acids is 1. The summed E-state index contributed by atoms with van der Waals surface area (Å²) < 4.78 is 6.23. The monoisotopic (exact) mass is 319 g/mol. The van der Waals surface area contributed by atoms with Gasteiger partial charge in [-0.15, -0.1) is 11.3 Å². The Hall–Kier alpha value is -0.390. The fraction of sp³-hybridized carbons (Fsp3) is 0.583. The minimum absolute atomic E-state index is 0.142. The van der Waals surface area contributed by atoms with Crippen LogP contribution in [-0.4, -0.2) is 31.1 Å².